The number of nitrogens with zero attached hydrogens (tertiary/aromatic N) is 1. The first-order valence-electron chi connectivity index (χ1n) is 5.14. The summed E-state index contributed by atoms with van der Waals surface area (Å²) in [4.78, 5) is 1.30. The fourth-order valence-electron chi connectivity index (χ4n) is 1.59. The molecule has 0 amide bonds. The van der Waals surface area contributed by atoms with Gasteiger partial charge in [-0.25, -0.2) is 16.0 Å². The van der Waals surface area contributed by atoms with E-state index in [0.717, 1.165) is 5.69 Å². The van der Waals surface area contributed by atoms with E-state index in [2.05, 4.69) is 52.6 Å². The van der Waals surface area contributed by atoms with Crippen molar-refractivity contribution in [2.24, 2.45) is 0 Å². The quantitative estimate of drug-likeness (QED) is 0.794. The highest BCUT2D eigenvalue weighted by Crippen LogP contribution is 2.26. The van der Waals surface area contributed by atoms with E-state index in [1.54, 1.807) is 11.3 Å². The van der Waals surface area contributed by atoms with Crippen LogP contribution in [-0.4, -0.2) is 14.1 Å². The van der Waals surface area contributed by atoms with Gasteiger partial charge in [-0.15, -0.1) is 11.3 Å². The van der Waals surface area contributed by atoms with Crippen LogP contribution in [0.1, 0.15) is 0 Å². The van der Waals surface area contributed by atoms with Crippen LogP contribution in [0.2, 0.25) is 0 Å². The zero-order valence-corrected chi connectivity index (χ0v) is 10.2. The Morgan fingerprint density at radius 2 is 1.69 bits per heavy atom. The first-order chi connectivity index (χ1) is 7.85. The molecule has 0 aliphatic heterocycles. The lowest BCUT2D eigenvalue weighted by Crippen LogP contribution is -2.44. The van der Waals surface area contributed by atoms with Gasteiger partial charge < -0.3 is 0 Å². The fraction of sp³-hybridized carbons (Fsp3) is 0.167. The Morgan fingerprint density at radius 3 is 2.19 bits per heavy atom. The third kappa shape index (κ3) is 2.24. The summed E-state index contributed by atoms with van der Waals surface area (Å²) in [6.07, 6.45) is 0. The third-order valence-corrected chi connectivity index (χ3v) is 3.30. The number of anilines is 1. The molecule has 0 aliphatic carbocycles. The van der Waals surface area contributed by atoms with Crippen LogP contribution in [0.5, 0.6) is 0 Å². The highest BCUT2D eigenvalue weighted by Gasteiger charge is 2.02. The van der Waals surface area contributed by atoms with Crippen molar-refractivity contribution < 1.29 is 0 Å². The lowest BCUT2D eigenvalue weighted by molar-refractivity contribution is 0.624. The van der Waals surface area contributed by atoms with Gasteiger partial charge in [-0.1, -0.05) is 18.2 Å². The van der Waals surface area contributed by atoms with Crippen LogP contribution in [0.4, 0.5) is 5.69 Å². The zero-order chi connectivity index (χ0) is 11.4. The van der Waals surface area contributed by atoms with Crippen LogP contribution in [0.25, 0.3) is 10.4 Å². The average molecular weight is 233 g/mol. The van der Waals surface area contributed by atoms with Crippen molar-refractivity contribution >= 4 is 17.0 Å². The van der Waals surface area contributed by atoms with E-state index in [1.807, 2.05) is 19.2 Å². The van der Waals surface area contributed by atoms with E-state index in [1.165, 1.54) is 10.4 Å². The van der Waals surface area contributed by atoms with Gasteiger partial charge in [-0.05, 0) is 29.1 Å². The van der Waals surface area contributed by atoms with Crippen LogP contribution in [-0.2, 0) is 0 Å². The number of hydrazine groups is 2. The predicted octanol–water partition coefficient (Wildman–Crippen LogP) is 2.49. The number of thiophene rings is 1. The van der Waals surface area contributed by atoms with Crippen molar-refractivity contribution in [1.29, 1.82) is 0 Å². The maximum absolute atomic E-state index is 3.05. The Labute approximate surface area is 99.7 Å². The second-order valence-corrected chi connectivity index (χ2v) is 4.25. The second-order valence-electron chi connectivity index (χ2n) is 3.31. The van der Waals surface area contributed by atoms with Gasteiger partial charge >= 0.3 is 0 Å². The number of benzene rings is 1. The van der Waals surface area contributed by atoms with Crippen molar-refractivity contribution in [3.05, 3.63) is 41.8 Å². The smallest absolute Gasteiger partial charge is 0.0702 e. The lowest BCUT2D eigenvalue weighted by Gasteiger charge is -2.21. The summed E-state index contributed by atoms with van der Waals surface area (Å²) in [5.41, 5.74) is 8.44. The minimum absolute atomic E-state index is 1.09. The van der Waals surface area contributed by atoms with Gasteiger partial charge in [-0.2, -0.15) is 0 Å². The Balaban J connectivity index is 2.22. The van der Waals surface area contributed by atoms with Crippen molar-refractivity contribution in [2.75, 3.05) is 19.2 Å². The van der Waals surface area contributed by atoms with E-state index in [-0.39, 0.29) is 0 Å². The second kappa shape index (κ2) is 5.12. The van der Waals surface area contributed by atoms with Crippen molar-refractivity contribution in [1.82, 2.24) is 10.9 Å². The molecule has 2 N–H and O–H groups in total. The first-order valence-corrected chi connectivity index (χ1v) is 6.02. The molecule has 0 spiro atoms. The molecular weight excluding hydrogens is 218 g/mol. The monoisotopic (exact) mass is 233 g/mol. The molecule has 4 heteroatoms. The molecule has 16 heavy (non-hydrogen) atoms. The number of nitrogens with one attached hydrogen (secondary N) is 2. The highest BCUT2D eigenvalue weighted by atomic mass is 32.1. The van der Waals surface area contributed by atoms with Gasteiger partial charge in [0.05, 0.1) is 5.69 Å². The fourth-order valence-corrected chi connectivity index (χ4v) is 2.32. The van der Waals surface area contributed by atoms with Crippen LogP contribution in [0.3, 0.4) is 0 Å². The normalized spacial score (nSPS) is 10.4. The zero-order valence-electron chi connectivity index (χ0n) is 9.40. The van der Waals surface area contributed by atoms with Crippen LogP contribution >= 0.6 is 11.3 Å². The van der Waals surface area contributed by atoms with E-state index < -0.39 is 0 Å². The summed E-state index contributed by atoms with van der Waals surface area (Å²) in [7, 11) is 3.76. The van der Waals surface area contributed by atoms with Crippen molar-refractivity contribution in [3.8, 4) is 10.4 Å². The molecule has 1 aromatic carbocycles. The van der Waals surface area contributed by atoms with Crippen LogP contribution < -0.4 is 16.0 Å². The molecular formula is C12H15N3S. The van der Waals surface area contributed by atoms with Gasteiger partial charge in [0.1, 0.15) is 0 Å². The molecule has 0 saturated carbocycles. The van der Waals surface area contributed by atoms with Crippen molar-refractivity contribution in [2.45, 2.75) is 0 Å². The molecule has 0 bridgehead atoms. The number of hydrogen-bond donors (Lipinski definition) is 2. The number of rotatable bonds is 4. The van der Waals surface area contributed by atoms with E-state index >= 15 is 0 Å². The molecule has 0 aliphatic rings. The topological polar surface area (TPSA) is 27.3 Å². The molecule has 0 unspecified atom stereocenters. The van der Waals surface area contributed by atoms with Gasteiger partial charge in [0.25, 0.3) is 0 Å². The van der Waals surface area contributed by atoms with Gasteiger partial charge in [-0.3, -0.25) is 0 Å². The summed E-state index contributed by atoms with van der Waals surface area (Å²) in [6, 6.07) is 12.6. The number of hydrogen-bond acceptors (Lipinski definition) is 4. The summed E-state index contributed by atoms with van der Waals surface area (Å²) in [5.74, 6) is 0. The minimum Gasteiger partial charge on any atom is -0.242 e. The molecule has 1 aromatic heterocycles. The molecule has 2 rings (SSSR count). The Bertz CT molecular complexity index is 418. The van der Waals surface area contributed by atoms with Crippen LogP contribution in [0, 0.1) is 0 Å². The molecule has 0 fully saturated rings. The van der Waals surface area contributed by atoms with Gasteiger partial charge in [0.15, 0.2) is 0 Å². The SMILES string of the molecule is CNN(NC)c1ccc(-c2cccs2)cc1. The minimum atomic E-state index is 1.09. The first kappa shape index (κ1) is 11.1. The summed E-state index contributed by atoms with van der Waals surface area (Å²) >= 11 is 1.76. The Hall–Kier alpha value is -1.36. The highest BCUT2D eigenvalue weighted by molar-refractivity contribution is 7.13. The van der Waals surface area contributed by atoms with Gasteiger partial charge in [0.2, 0.25) is 0 Å². The molecule has 0 radical (unpaired) electrons. The molecule has 0 atom stereocenters. The summed E-state index contributed by atoms with van der Waals surface area (Å²) in [6.45, 7) is 0. The molecule has 84 valence electrons. The van der Waals surface area contributed by atoms with Gasteiger partial charge in [0, 0.05) is 19.0 Å². The average Bonchev–Trinajstić information content (AvgIpc) is 2.85. The molecule has 3 nitrogen and oxygen atoms in total. The van der Waals surface area contributed by atoms with E-state index in [0.29, 0.717) is 0 Å². The summed E-state index contributed by atoms with van der Waals surface area (Å²) in [5, 5.41) is 3.95. The molecule has 2 aromatic rings. The van der Waals surface area contributed by atoms with E-state index in [4.69, 9.17) is 0 Å². The predicted molar refractivity (Wildman–Crippen MR) is 70.4 cm³/mol. The van der Waals surface area contributed by atoms with Crippen LogP contribution in [0.15, 0.2) is 41.8 Å². The molecule has 1 heterocycles. The standard InChI is InChI=1S/C12H15N3S/c1-13-15(14-2)11-7-5-10(6-8-11)12-4-3-9-16-12/h3-9,13-14H,1-2H3. The Morgan fingerprint density at radius 1 is 1.00 bits per heavy atom. The largest absolute Gasteiger partial charge is 0.242 e. The Kier molecular flexibility index (Phi) is 3.56. The van der Waals surface area contributed by atoms with E-state index in [9.17, 15) is 0 Å². The maximum Gasteiger partial charge on any atom is 0.0702 e. The summed E-state index contributed by atoms with van der Waals surface area (Å²) < 4.78 is 0. The lowest BCUT2D eigenvalue weighted by atomic mass is 10.2. The third-order valence-electron chi connectivity index (χ3n) is 2.38. The van der Waals surface area contributed by atoms with Crippen molar-refractivity contribution in [3.63, 3.8) is 0 Å². The molecule has 0 saturated heterocycles. The maximum atomic E-state index is 3.05.